The predicted molar refractivity (Wildman–Crippen MR) is 38.3 cm³/mol. The highest BCUT2D eigenvalue weighted by atomic mass is 19.4. The van der Waals surface area contributed by atoms with Crippen molar-refractivity contribution in [3.8, 4) is 0 Å². The highest BCUT2D eigenvalue weighted by molar-refractivity contribution is 5.81. The lowest BCUT2D eigenvalue weighted by atomic mass is 10.5. The van der Waals surface area contributed by atoms with Crippen molar-refractivity contribution < 1.29 is 53.8 Å². The summed E-state index contributed by atoms with van der Waals surface area (Å²) >= 11 is 0. The summed E-state index contributed by atoms with van der Waals surface area (Å²) in [5.74, 6) is -2.19. The van der Waals surface area contributed by atoms with Crippen LogP contribution in [0.4, 0.5) is 39.5 Å². The molecule has 12 heteroatoms. The zero-order chi connectivity index (χ0) is 15.7. The lowest BCUT2D eigenvalue weighted by molar-refractivity contribution is -0.510. The summed E-state index contributed by atoms with van der Waals surface area (Å²) in [6.07, 6.45) is -25.8. The zero-order valence-electron chi connectivity index (χ0n) is 8.41. The maximum Gasteiger partial charge on any atom is 0.496 e. The fourth-order valence-electron chi connectivity index (χ4n) is 0.506. The fourth-order valence-corrected chi connectivity index (χ4v) is 0.506. The molecule has 0 radical (unpaired) electrons. The van der Waals surface area contributed by atoms with Gasteiger partial charge in [-0.05, 0) is 0 Å². The molecule has 0 aliphatic heterocycles. The van der Waals surface area contributed by atoms with Crippen LogP contribution in [0.25, 0.3) is 0 Å². The van der Waals surface area contributed by atoms with Crippen LogP contribution in [0.2, 0.25) is 0 Å². The number of alkyl halides is 9. The van der Waals surface area contributed by atoms with Gasteiger partial charge in [-0.3, -0.25) is 0 Å². The van der Waals surface area contributed by atoms with Gasteiger partial charge in [-0.25, -0.2) is 9.53 Å². The fraction of sp³-hybridized carbons (Fsp3) is 0.571. The lowest BCUT2D eigenvalue weighted by Crippen LogP contribution is -2.53. The molecule has 0 N–H and O–H groups in total. The molecule has 112 valence electrons. The van der Waals surface area contributed by atoms with Crippen LogP contribution in [-0.2, 0) is 14.3 Å². The Balaban J connectivity index is 5.17. The van der Waals surface area contributed by atoms with Crippen molar-refractivity contribution in [3.63, 3.8) is 0 Å². The Bertz CT molecular complexity index is 359. The molecule has 0 rings (SSSR count). The zero-order valence-corrected chi connectivity index (χ0v) is 8.41. The summed E-state index contributed by atoms with van der Waals surface area (Å²) in [5, 5.41) is 0. The number of rotatable bonds is 5. The van der Waals surface area contributed by atoms with E-state index in [9.17, 15) is 44.3 Å². The number of esters is 1. The van der Waals surface area contributed by atoms with E-state index >= 15 is 0 Å². The van der Waals surface area contributed by atoms with E-state index in [1.807, 2.05) is 0 Å². The Morgan fingerprint density at radius 2 is 1.26 bits per heavy atom. The molecule has 0 saturated heterocycles. The van der Waals surface area contributed by atoms with Crippen molar-refractivity contribution in [1.29, 1.82) is 0 Å². The third-order valence-electron chi connectivity index (χ3n) is 1.32. The van der Waals surface area contributed by atoms with Crippen molar-refractivity contribution in [1.82, 2.24) is 0 Å². The van der Waals surface area contributed by atoms with E-state index in [2.05, 4.69) is 11.3 Å². The van der Waals surface area contributed by atoms with Gasteiger partial charge in [-0.15, -0.1) is 0 Å². The second kappa shape index (κ2) is 4.90. The summed E-state index contributed by atoms with van der Waals surface area (Å²) < 4.78 is 113. The standard InChI is InChI=1S/C7H3F9O3/c1-2-3(17)18-6(13,14)7(15,16)19-5(11,12)4(8,9)10/h2H,1H2. The summed E-state index contributed by atoms with van der Waals surface area (Å²) in [7, 11) is 0. The van der Waals surface area contributed by atoms with Crippen LogP contribution in [0.3, 0.4) is 0 Å². The van der Waals surface area contributed by atoms with E-state index in [0.29, 0.717) is 0 Å². The van der Waals surface area contributed by atoms with Crippen LogP contribution in [0.15, 0.2) is 12.7 Å². The van der Waals surface area contributed by atoms with E-state index in [4.69, 9.17) is 0 Å². The quantitative estimate of drug-likeness (QED) is 0.445. The van der Waals surface area contributed by atoms with Crippen LogP contribution < -0.4 is 0 Å². The van der Waals surface area contributed by atoms with E-state index < -0.39 is 30.5 Å². The second-order valence-corrected chi connectivity index (χ2v) is 2.78. The first-order chi connectivity index (χ1) is 8.16. The first kappa shape index (κ1) is 17.5. The number of carbonyl (C=O) groups is 1. The van der Waals surface area contributed by atoms with Crippen LogP contribution in [0.5, 0.6) is 0 Å². The van der Waals surface area contributed by atoms with Crippen LogP contribution in [0.1, 0.15) is 0 Å². The molecule has 0 unspecified atom stereocenters. The van der Waals surface area contributed by atoms with E-state index in [1.54, 1.807) is 4.74 Å². The molecule has 0 atom stereocenters. The van der Waals surface area contributed by atoms with Crippen molar-refractivity contribution in [2.75, 3.05) is 0 Å². The summed E-state index contributed by atoms with van der Waals surface area (Å²) in [4.78, 5) is 10.2. The van der Waals surface area contributed by atoms with Gasteiger partial charge in [0.25, 0.3) is 0 Å². The van der Waals surface area contributed by atoms with Gasteiger partial charge in [0, 0.05) is 6.08 Å². The van der Waals surface area contributed by atoms with Gasteiger partial charge in [0.1, 0.15) is 0 Å². The minimum Gasteiger partial charge on any atom is -0.391 e. The van der Waals surface area contributed by atoms with E-state index in [1.165, 1.54) is 0 Å². The van der Waals surface area contributed by atoms with Crippen molar-refractivity contribution in [2.45, 2.75) is 24.5 Å². The second-order valence-electron chi connectivity index (χ2n) is 2.78. The Morgan fingerprint density at radius 1 is 0.842 bits per heavy atom. The van der Waals surface area contributed by atoms with Gasteiger partial charge >= 0.3 is 30.5 Å². The van der Waals surface area contributed by atoms with E-state index in [-0.39, 0.29) is 6.08 Å². The Morgan fingerprint density at radius 3 is 1.58 bits per heavy atom. The molecular formula is C7H3F9O3. The molecule has 0 saturated carbocycles. The smallest absolute Gasteiger partial charge is 0.391 e. The average molecular weight is 306 g/mol. The van der Waals surface area contributed by atoms with Crippen LogP contribution in [0, 0.1) is 0 Å². The minimum atomic E-state index is -6.67. The van der Waals surface area contributed by atoms with Gasteiger partial charge < -0.3 is 4.74 Å². The average Bonchev–Trinajstić information content (AvgIpc) is 2.12. The minimum absolute atomic E-state index is 0.0497. The summed E-state index contributed by atoms with van der Waals surface area (Å²) in [5.41, 5.74) is 0. The van der Waals surface area contributed by atoms with Crippen molar-refractivity contribution in [2.24, 2.45) is 0 Å². The summed E-state index contributed by atoms with van der Waals surface area (Å²) in [6, 6.07) is 0. The number of halogens is 9. The lowest BCUT2D eigenvalue weighted by Gasteiger charge is -2.28. The number of ether oxygens (including phenoxy) is 2. The van der Waals surface area contributed by atoms with Crippen LogP contribution >= 0.6 is 0 Å². The van der Waals surface area contributed by atoms with E-state index in [0.717, 1.165) is 0 Å². The molecule has 3 nitrogen and oxygen atoms in total. The van der Waals surface area contributed by atoms with Crippen molar-refractivity contribution >= 4 is 5.97 Å². The molecule has 0 bridgehead atoms. The van der Waals surface area contributed by atoms with Gasteiger partial charge in [0.05, 0.1) is 0 Å². The Labute approximate surface area is 98.1 Å². The van der Waals surface area contributed by atoms with Crippen LogP contribution in [-0.4, -0.2) is 30.5 Å². The third-order valence-corrected chi connectivity index (χ3v) is 1.32. The first-order valence-electron chi connectivity index (χ1n) is 3.92. The molecular weight excluding hydrogens is 303 g/mol. The Kier molecular flexibility index (Phi) is 4.53. The van der Waals surface area contributed by atoms with Crippen molar-refractivity contribution in [3.05, 3.63) is 12.7 Å². The molecule has 0 aromatic carbocycles. The largest absolute Gasteiger partial charge is 0.496 e. The maximum atomic E-state index is 12.5. The number of hydrogen-bond donors (Lipinski definition) is 0. The normalized spacial score (nSPS) is 14.2. The summed E-state index contributed by atoms with van der Waals surface area (Å²) in [6.45, 7) is 2.52. The molecule has 0 aliphatic carbocycles. The number of carbonyl (C=O) groups excluding carboxylic acids is 1. The molecule has 0 fully saturated rings. The van der Waals surface area contributed by atoms with Gasteiger partial charge in [-0.1, -0.05) is 6.58 Å². The maximum absolute atomic E-state index is 12.5. The first-order valence-corrected chi connectivity index (χ1v) is 3.92. The molecule has 0 aromatic rings. The molecule has 0 aromatic heterocycles. The molecule has 0 aliphatic rings. The molecule has 19 heavy (non-hydrogen) atoms. The Hall–Kier alpha value is -1.46. The molecule has 0 amide bonds. The third kappa shape index (κ3) is 4.01. The molecule has 0 heterocycles. The topological polar surface area (TPSA) is 35.5 Å². The predicted octanol–water partition coefficient (Wildman–Crippen LogP) is 3.07. The number of hydrogen-bond acceptors (Lipinski definition) is 3. The SMILES string of the molecule is C=CC(=O)OC(F)(F)C(F)(F)OC(F)(F)C(F)(F)F. The monoisotopic (exact) mass is 306 g/mol. The molecule has 0 spiro atoms. The van der Waals surface area contributed by atoms with Gasteiger partial charge in [-0.2, -0.15) is 39.5 Å². The van der Waals surface area contributed by atoms with Gasteiger partial charge in [0.15, 0.2) is 0 Å². The van der Waals surface area contributed by atoms with Gasteiger partial charge in [0.2, 0.25) is 0 Å². The highest BCUT2D eigenvalue weighted by Crippen LogP contribution is 2.45. The highest BCUT2D eigenvalue weighted by Gasteiger charge is 2.72.